The Bertz CT molecular complexity index is 859. The zero-order valence-electron chi connectivity index (χ0n) is 18.5. The van der Waals surface area contributed by atoms with Crippen molar-refractivity contribution in [1.29, 1.82) is 0 Å². The summed E-state index contributed by atoms with van der Waals surface area (Å²) in [6.45, 7) is 5.48. The van der Waals surface area contributed by atoms with Crippen LogP contribution in [0.5, 0.6) is 0 Å². The van der Waals surface area contributed by atoms with Crippen LogP contribution in [0.2, 0.25) is 0 Å². The van der Waals surface area contributed by atoms with Gasteiger partial charge < -0.3 is 14.5 Å². The summed E-state index contributed by atoms with van der Waals surface area (Å²) in [6.07, 6.45) is 1.71. The number of carbonyl (C=O) groups excluding carboxylic acids is 3. The third kappa shape index (κ3) is 5.79. The van der Waals surface area contributed by atoms with Crippen molar-refractivity contribution in [3.63, 3.8) is 0 Å². The van der Waals surface area contributed by atoms with Gasteiger partial charge in [-0.3, -0.25) is 14.2 Å². The summed E-state index contributed by atoms with van der Waals surface area (Å²) in [7, 11) is -3.19. The molecule has 14 heteroatoms. The normalized spacial score (nSPS) is 28.1. The molecule has 13 nitrogen and oxygen atoms in total. The van der Waals surface area contributed by atoms with E-state index in [4.69, 9.17) is 14.1 Å². The average Bonchev–Trinajstić information content (AvgIpc) is 3.23. The van der Waals surface area contributed by atoms with Crippen LogP contribution in [0.1, 0.15) is 52.9 Å². The monoisotopic (exact) mass is 478 g/mol. The van der Waals surface area contributed by atoms with Crippen LogP contribution in [-0.4, -0.2) is 89.3 Å². The number of hydroxylamine groups is 3. The third-order valence-electron chi connectivity index (χ3n) is 5.71. The molecule has 3 rings (SSSR count). The minimum absolute atomic E-state index is 0.0894. The second kappa shape index (κ2) is 9.00. The molecule has 0 aromatic carbocycles. The van der Waals surface area contributed by atoms with Gasteiger partial charge in [0.25, 0.3) is 5.91 Å². The fourth-order valence-corrected chi connectivity index (χ4v) is 4.56. The average molecular weight is 479 g/mol. The van der Waals surface area contributed by atoms with Crippen molar-refractivity contribution in [2.75, 3.05) is 13.6 Å². The smallest absolute Gasteiger partial charge is 0.418 e. The molecule has 182 valence electrons. The Morgan fingerprint density at radius 3 is 2.50 bits per heavy atom. The van der Waals surface area contributed by atoms with E-state index in [1.54, 1.807) is 27.8 Å². The molecule has 2 saturated heterocycles. The van der Waals surface area contributed by atoms with E-state index in [2.05, 4.69) is 9.76 Å². The molecule has 3 aliphatic rings. The van der Waals surface area contributed by atoms with Gasteiger partial charge in [0, 0.05) is 19.6 Å². The number of piperidine rings is 1. The van der Waals surface area contributed by atoms with Gasteiger partial charge in [0.05, 0.1) is 12.1 Å². The van der Waals surface area contributed by atoms with E-state index in [9.17, 15) is 22.8 Å². The van der Waals surface area contributed by atoms with Crippen molar-refractivity contribution in [2.45, 2.75) is 82.7 Å². The fourth-order valence-electron chi connectivity index (χ4n) is 4.17. The first-order valence-corrected chi connectivity index (χ1v) is 11.8. The summed E-state index contributed by atoms with van der Waals surface area (Å²) in [5, 5.41) is 0.581. The fraction of sp³-hybridized carbons (Fsp3) is 0.833. The van der Waals surface area contributed by atoms with E-state index in [1.807, 2.05) is 0 Å². The molecular formula is C18H30N4O9S. The van der Waals surface area contributed by atoms with Crippen molar-refractivity contribution < 1.29 is 41.2 Å². The number of fused-ring (bicyclic) bond motifs is 2. The highest BCUT2D eigenvalue weighted by Gasteiger charge is 2.49. The van der Waals surface area contributed by atoms with E-state index in [-0.39, 0.29) is 25.1 Å². The van der Waals surface area contributed by atoms with Gasteiger partial charge in [-0.2, -0.15) is 13.5 Å². The summed E-state index contributed by atoms with van der Waals surface area (Å²) < 4.78 is 40.5. The lowest BCUT2D eigenvalue weighted by Gasteiger charge is -2.29. The van der Waals surface area contributed by atoms with Gasteiger partial charge in [-0.25, -0.2) is 15.1 Å². The van der Waals surface area contributed by atoms with Gasteiger partial charge in [-0.1, -0.05) is 0 Å². The van der Waals surface area contributed by atoms with E-state index in [0.29, 0.717) is 30.7 Å². The highest BCUT2D eigenvalue weighted by molar-refractivity contribution is 7.80. The van der Waals surface area contributed by atoms with E-state index < -0.39 is 46.1 Å². The highest BCUT2D eigenvalue weighted by Crippen LogP contribution is 2.31. The molecule has 2 bridgehead atoms. The quantitative estimate of drug-likeness (QED) is 0.417. The maximum atomic E-state index is 12.6. The van der Waals surface area contributed by atoms with Gasteiger partial charge in [-0.05, 0) is 52.9 Å². The van der Waals surface area contributed by atoms with Crippen LogP contribution in [0.25, 0.3) is 0 Å². The maximum absolute atomic E-state index is 12.6. The summed E-state index contributed by atoms with van der Waals surface area (Å²) in [5.74, 6) is -0.533. The van der Waals surface area contributed by atoms with Crippen molar-refractivity contribution in [3.8, 4) is 0 Å². The molecule has 4 unspecified atom stereocenters. The summed E-state index contributed by atoms with van der Waals surface area (Å²) >= 11 is 0. The van der Waals surface area contributed by atoms with Gasteiger partial charge in [0.15, 0.2) is 0 Å². The zero-order valence-corrected chi connectivity index (χ0v) is 19.3. The number of ether oxygens (including phenoxy) is 1. The molecule has 2 heterocycles. The Balaban J connectivity index is 1.48. The van der Waals surface area contributed by atoms with E-state index in [1.165, 1.54) is 9.80 Å². The minimum Gasteiger partial charge on any atom is -0.444 e. The van der Waals surface area contributed by atoms with E-state index in [0.717, 1.165) is 0 Å². The standard InChI is InChI=1S/C18H30N4O9S/c1-18(2,3)29-17(25)20(4)11-5-7-13(9-11)30-19-15(23)14-8-6-12-10-21(14)16(24)22(12)31-32(26,27)28/h11-14H,5-10H2,1-4H3,(H,19,23)(H,26,27,28). The Labute approximate surface area is 186 Å². The molecule has 0 aromatic heterocycles. The Hall–Kier alpha value is -2.16. The van der Waals surface area contributed by atoms with Crippen LogP contribution >= 0.6 is 0 Å². The molecule has 2 N–H and O–H groups in total. The number of hydrogen-bond donors (Lipinski definition) is 2. The molecule has 0 radical (unpaired) electrons. The Morgan fingerprint density at radius 1 is 1.19 bits per heavy atom. The maximum Gasteiger partial charge on any atom is 0.418 e. The molecular weight excluding hydrogens is 448 g/mol. The topological polar surface area (TPSA) is 155 Å². The minimum atomic E-state index is -4.85. The zero-order chi connectivity index (χ0) is 23.8. The second-order valence-corrected chi connectivity index (χ2v) is 10.3. The molecule has 1 saturated carbocycles. The first-order valence-electron chi connectivity index (χ1n) is 10.4. The lowest BCUT2D eigenvalue weighted by molar-refractivity contribution is -0.143. The van der Waals surface area contributed by atoms with Gasteiger partial charge >= 0.3 is 22.5 Å². The van der Waals surface area contributed by atoms with E-state index >= 15 is 0 Å². The summed E-state index contributed by atoms with van der Waals surface area (Å²) in [5.41, 5.74) is 1.80. The van der Waals surface area contributed by atoms with Crippen molar-refractivity contribution in [3.05, 3.63) is 0 Å². The summed E-state index contributed by atoms with van der Waals surface area (Å²) in [6, 6.07) is -2.33. The van der Waals surface area contributed by atoms with Crippen molar-refractivity contribution in [1.82, 2.24) is 20.3 Å². The van der Waals surface area contributed by atoms with Crippen LogP contribution in [0.15, 0.2) is 0 Å². The number of nitrogens with zero attached hydrogens (tertiary/aromatic N) is 3. The number of nitrogens with one attached hydrogen (secondary N) is 1. The van der Waals surface area contributed by atoms with Crippen LogP contribution in [0.4, 0.5) is 9.59 Å². The van der Waals surface area contributed by atoms with Crippen LogP contribution in [-0.2, 0) is 29.1 Å². The predicted molar refractivity (Wildman–Crippen MR) is 108 cm³/mol. The van der Waals surface area contributed by atoms with Crippen molar-refractivity contribution >= 4 is 28.4 Å². The Morgan fingerprint density at radius 2 is 1.88 bits per heavy atom. The van der Waals surface area contributed by atoms with Crippen molar-refractivity contribution in [2.24, 2.45) is 0 Å². The molecule has 0 spiro atoms. The SMILES string of the molecule is CN(C(=O)OC(C)(C)C)C1CCC(ONC(=O)C2CCC3CN2C(=O)N3OS(=O)(=O)O)C1. The molecule has 4 atom stereocenters. The third-order valence-corrected chi connectivity index (χ3v) is 6.06. The lowest BCUT2D eigenvalue weighted by atomic mass is 10.0. The predicted octanol–water partition coefficient (Wildman–Crippen LogP) is 0.825. The molecule has 0 aromatic rings. The molecule has 1 aliphatic carbocycles. The number of urea groups is 1. The molecule has 32 heavy (non-hydrogen) atoms. The van der Waals surface area contributed by atoms with Crippen LogP contribution in [0.3, 0.4) is 0 Å². The van der Waals surface area contributed by atoms with Crippen LogP contribution < -0.4 is 5.48 Å². The second-order valence-electron chi connectivity index (χ2n) is 9.27. The van der Waals surface area contributed by atoms with Gasteiger partial charge in [0.2, 0.25) is 0 Å². The lowest BCUT2D eigenvalue weighted by Crippen LogP contribution is -2.50. The van der Waals surface area contributed by atoms with Gasteiger partial charge in [0.1, 0.15) is 11.6 Å². The Kier molecular flexibility index (Phi) is 6.88. The van der Waals surface area contributed by atoms with Crippen LogP contribution in [0, 0.1) is 0 Å². The first-order chi connectivity index (χ1) is 14.7. The number of rotatable bonds is 6. The van der Waals surface area contributed by atoms with Gasteiger partial charge in [-0.15, -0.1) is 4.28 Å². The number of amides is 4. The first kappa shape index (κ1) is 24.5. The highest BCUT2D eigenvalue weighted by atomic mass is 32.3. The molecule has 4 amide bonds. The number of hydrogen-bond acceptors (Lipinski definition) is 8. The molecule has 2 aliphatic heterocycles. The number of carbonyl (C=O) groups is 3. The molecule has 3 fully saturated rings. The largest absolute Gasteiger partial charge is 0.444 e. The summed E-state index contributed by atoms with van der Waals surface area (Å²) in [4.78, 5) is 45.5.